The minimum Gasteiger partial charge on any atom is -0.387 e. The second kappa shape index (κ2) is 6.62. The van der Waals surface area contributed by atoms with Gasteiger partial charge >= 0.3 is 0 Å². The summed E-state index contributed by atoms with van der Waals surface area (Å²) in [6.45, 7) is 4.00. The first-order valence-electron chi connectivity index (χ1n) is 8.10. The van der Waals surface area contributed by atoms with E-state index in [9.17, 15) is 5.11 Å². The normalized spacial score (nSPS) is 28.8. The molecule has 5 nitrogen and oxygen atoms in total. The highest BCUT2D eigenvalue weighted by molar-refractivity contribution is 5.10. The number of nitrogens with zero attached hydrogens (tertiary/aromatic N) is 2. The molecule has 1 aromatic heterocycles. The first-order chi connectivity index (χ1) is 10.6. The summed E-state index contributed by atoms with van der Waals surface area (Å²) < 4.78 is 11.3. The number of aliphatic hydroxyl groups is 1. The fraction of sp³-hybridized carbons (Fsp3) is 0.706. The number of hydrogen-bond donors (Lipinski definition) is 1. The number of rotatable bonds is 4. The van der Waals surface area contributed by atoms with Crippen molar-refractivity contribution in [3.05, 3.63) is 30.1 Å². The molecule has 0 aromatic carbocycles. The molecule has 0 aliphatic carbocycles. The van der Waals surface area contributed by atoms with E-state index in [2.05, 4.69) is 22.0 Å². The minimum atomic E-state index is -0.722. The van der Waals surface area contributed by atoms with Gasteiger partial charge in [0.05, 0.1) is 24.4 Å². The molecule has 0 amide bonds. The van der Waals surface area contributed by atoms with Crippen molar-refractivity contribution in [1.82, 2.24) is 9.88 Å². The summed E-state index contributed by atoms with van der Waals surface area (Å²) in [5.41, 5.74) is 0.409. The molecule has 2 saturated heterocycles. The Balaban J connectivity index is 1.56. The topological polar surface area (TPSA) is 54.8 Å². The van der Waals surface area contributed by atoms with Crippen LogP contribution >= 0.6 is 0 Å². The van der Waals surface area contributed by atoms with Crippen molar-refractivity contribution in [3.8, 4) is 0 Å². The smallest absolute Gasteiger partial charge is 0.0929 e. The van der Waals surface area contributed by atoms with Crippen LogP contribution in [0, 0.1) is 0 Å². The second-order valence-corrected chi connectivity index (χ2v) is 6.75. The zero-order valence-electron chi connectivity index (χ0n) is 13.3. The van der Waals surface area contributed by atoms with E-state index in [4.69, 9.17) is 9.47 Å². The van der Waals surface area contributed by atoms with Gasteiger partial charge in [-0.1, -0.05) is 0 Å². The largest absolute Gasteiger partial charge is 0.387 e. The predicted molar refractivity (Wildman–Crippen MR) is 83.5 cm³/mol. The van der Waals surface area contributed by atoms with E-state index in [1.807, 2.05) is 12.4 Å². The lowest BCUT2D eigenvalue weighted by Gasteiger charge is -2.49. The van der Waals surface area contributed by atoms with E-state index < -0.39 is 5.60 Å². The third-order valence-electron chi connectivity index (χ3n) is 4.96. The molecule has 1 spiro atoms. The molecule has 1 atom stereocenters. The molecule has 1 aromatic rings. The maximum absolute atomic E-state index is 10.7. The number of aromatic nitrogens is 1. The van der Waals surface area contributed by atoms with Crippen LogP contribution in [0.1, 0.15) is 31.2 Å². The lowest BCUT2D eigenvalue weighted by molar-refractivity contribution is -0.191. The maximum Gasteiger partial charge on any atom is 0.0929 e. The minimum absolute atomic E-state index is 0.166. The fourth-order valence-electron chi connectivity index (χ4n) is 3.77. The molecule has 2 fully saturated rings. The van der Waals surface area contributed by atoms with Crippen LogP contribution in [0.2, 0.25) is 0 Å². The third kappa shape index (κ3) is 3.66. The second-order valence-electron chi connectivity index (χ2n) is 6.75. The average Bonchev–Trinajstić information content (AvgIpc) is 2.51. The van der Waals surface area contributed by atoms with Crippen LogP contribution in [0.5, 0.6) is 0 Å². The number of hydrogen-bond acceptors (Lipinski definition) is 5. The highest BCUT2D eigenvalue weighted by Gasteiger charge is 2.46. The van der Waals surface area contributed by atoms with Gasteiger partial charge in [-0.05, 0) is 30.5 Å². The lowest BCUT2D eigenvalue weighted by atomic mass is 9.77. The molecule has 5 heteroatoms. The van der Waals surface area contributed by atoms with Crippen molar-refractivity contribution in [3.63, 3.8) is 0 Å². The Hall–Kier alpha value is -1.01. The standard InChI is InChI=1S/C17H26N2O3/c1-21-14-16(20)6-11-22-17(13-16)4-9-19(10-5-17)12-15-2-7-18-8-3-15/h2-3,7-8,20H,4-6,9-14H2,1H3. The van der Waals surface area contributed by atoms with E-state index in [0.717, 1.165) is 32.5 Å². The van der Waals surface area contributed by atoms with Gasteiger partial charge in [0.2, 0.25) is 0 Å². The summed E-state index contributed by atoms with van der Waals surface area (Å²) >= 11 is 0. The van der Waals surface area contributed by atoms with E-state index in [-0.39, 0.29) is 5.60 Å². The number of pyridine rings is 1. The van der Waals surface area contributed by atoms with E-state index in [0.29, 0.717) is 26.1 Å². The molecule has 1 N–H and O–H groups in total. The van der Waals surface area contributed by atoms with Crippen LogP contribution in [0.25, 0.3) is 0 Å². The monoisotopic (exact) mass is 306 g/mol. The fourth-order valence-corrected chi connectivity index (χ4v) is 3.77. The first-order valence-corrected chi connectivity index (χ1v) is 8.10. The molecule has 2 aliphatic heterocycles. The highest BCUT2D eigenvalue weighted by atomic mass is 16.5. The summed E-state index contributed by atoms with van der Waals surface area (Å²) in [5.74, 6) is 0. The Bertz CT molecular complexity index is 470. The van der Waals surface area contributed by atoms with E-state index in [1.54, 1.807) is 7.11 Å². The highest BCUT2D eigenvalue weighted by Crippen LogP contribution is 2.39. The van der Waals surface area contributed by atoms with Gasteiger partial charge in [-0.2, -0.15) is 0 Å². The quantitative estimate of drug-likeness (QED) is 0.916. The summed E-state index contributed by atoms with van der Waals surface area (Å²) in [4.78, 5) is 6.51. The molecule has 2 aliphatic rings. The molecule has 22 heavy (non-hydrogen) atoms. The van der Waals surface area contributed by atoms with Gasteiger partial charge in [0.25, 0.3) is 0 Å². The molecule has 0 saturated carbocycles. The summed E-state index contributed by atoms with van der Waals surface area (Å²) in [6.07, 6.45) is 7.00. The molecule has 0 bridgehead atoms. The van der Waals surface area contributed by atoms with Crippen molar-refractivity contribution in [2.45, 2.75) is 43.4 Å². The number of ether oxygens (including phenoxy) is 2. The van der Waals surface area contributed by atoms with Crippen molar-refractivity contribution in [2.24, 2.45) is 0 Å². The van der Waals surface area contributed by atoms with Crippen LogP contribution in [0.3, 0.4) is 0 Å². The van der Waals surface area contributed by atoms with Gasteiger partial charge in [-0.25, -0.2) is 0 Å². The van der Waals surface area contributed by atoms with Gasteiger partial charge in [0, 0.05) is 52.0 Å². The Kier molecular flexibility index (Phi) is 4.78. The van der Waals surface area contributed by atoms with Gasteiger partial charge in [-0.15, -0.1) is 0 Å². The number of piperidine rings is 1. The summed E-state index contributed by atoms with van der Waals surface area (Å²) in [7, 11) is 1.65. The van der Waals surface area contributed by atoms with Gasteiger partial charge < -0.3 is 14.6 Å². The van der Waals surface area contributed by atoms with Crippen molar-refractivity contribution in [1.29, 1.82) is 0 Å². The molecule has 1 unspecified atom stereocenters. The average molecular weight is 306 g/mol. The maximum atomic E-state index is 10.7. The van der Waals surface area contributed by atoms with Crippen LogP contribution in [-0.2, 0) is 16.0 Å². The van der Waals surface area contributed by atoms with Gasteiger partial charge in [0.15, 0.2) is 0 Å². The van der Waals surface area contributed by atoms with Crippen LogP contribution in [-0.4, -0.2) is 59.6 Å². The number of likely N-dealkylation sites (tertiary alicyclic amines) is 1. The van der Waals surface area contributed by atoms with Crippen LogP contribution in [0.4, 0.5) is 0 Å². The molecular weight excluding hydrogens is 280 g/mol. The Morgan fingerprint density at radius 3 is 2.68 bits per heavy atom. The first kappa shape index (κ1) is 15.9. The number of methoxy groups -OCH3 is 1. The SMILES string of the molecule is COCC1(O)CCOC2(CCN(Cc3ccncc3)CC2)C1. The Morgan fingerprint density at radius 1 is 1.27 bits per heavy atom. The Labute approximate surface area is 132 Å². The summed E-state index contributed by atoms with van der Waals surface area (Å²) in [5, 5.41) is 10.7. The van der Waals surface area contributed by atoms with Gasteiger partial charge in [0.1, 0.15) is 0 Å². The lowest BCUT2D eigenvalue weighted by Crippen LogP contribution is -2.55. The van der Waals surface area contributed by atoms with Crippen molar-refractivity contribution in [2.75, 3.05) is 33.4 Å². The third-order valence-corrected chi connectivity index (χ3v) is 4.96. The Morgan fingerprint density at radius 2 is 2.00 bits per heavy atom. The molecular formula is C17H26N2O3. The van der Waals surface area contributed by atoms with Crippen molar-refractivity contribution >= 4 is 0 Å². The predicted octanol–water partition coefficient (Wildman–Crippen LogP) is 1.60. The zero-order valence-corrected chi connectivity index (χ0v) is 13.3. The zero-order chi connectivity index (χ0) is 15.5. The molecule has 0 radical (unpaired) electrons. The van der Waals surface area contributed by atoms with Crippen LogP contribution < -0.4 is 0 Å². The molecule has 3 rings (SSSR count). The van der Waals surface area contributed by atoms with Gasteiger partial charge in [-0.3, -0.25) is 9.88 Å². The molecule has 3 heterocycles. The van der Waals surface area contributed by atoms with Crippen molar-refractivity contribution < 1.29 is 14.6 Å². The summed E-state index contributed by atoms with van der Waals surface area (Å²) in [6, 6.07) is 4.14. The van der Waals surface area contributed by atoms with E-state index in [1.165, 1.54) is 5.56 Å². The van der Waals surface area contributed by atoms with E-state index >= 15 is 0 Å². The van der Waals surface area contributed by atoms with Crippen LogP contribution in [0.15, 0.2) is 24.5 Å². The molecule has 122 valence electrons.